The Labute approximate surface area is 122 Å². The zero-order valence-corrected chi connectivity index (χ0v) is 11.9. The number of nitrogens with zero attached hydrogens (tertiary/aromatic N) is 4. The van der Waals surface area contributed by atoms with Gasteiger partial charge in [-0.25, -0.2) is 14.4 Å². The molecule has 1 atom stereocenters. The van der Waals surface area contributed by atoms with Gasteiger partial charge in [0.1, 0.15) is 18.2 Å². The first kappa shape index (κ1) is 13.7. The third-order valence-electron chi connectivity index (χ3n) is 3.58. The molecule has 2 aromatic heterocycles. The normalized spacial score (nSPS) is 18.0. The zero-order chi connectivity index (χ0) is 14.7. The van der Waals surface area contributed by atoms with Crippen molar-refractivity contribution in [3.05, 3.63) is 42.4 Å². The van der Waals surface area contributed by atoms with E-state index in [4.69, 9.17) is 4.74 Å². The van der Waals surface area contributed by atoms with Crippen LogP contribution in [0.25, 0.3) is 0 Å². The molecule has 1 aliphatic heterocycles. The maximum absolute atomic E-state index is 14.3. The quantitative estimate of drug-likeness (QED) is 0.863. The van der Waals surface area contributed by atoms with E-state index in [0.29, 0.717) is 24.5 Å². The summed E-state index contributed by atoms with van der Waals surface area (Å²) in [4.78, 5) is 13.9. The summed E-state index contributed by atoms with van der Waals surface area (Å²) in [7, 11) is 0. The Balaban J connectivity index is 1.70. The average molecular weight is 288 g/mol. The molecule has 6 heteroatoms. The lowest BCUT2D eigenvalue weighted by atomic mass is 10.3. The molecular weight excluding hydrogens is 271 g/mol. The highest BCUT2D eigenvalue weighted by Crippen LogP contribution is 2.24. The van der Waals surface area contributed by atoms with Gasteiger partial charge in [-0.3, -0.25) is 4.98 Å². The second kappa shape index (κ2) is 6.03. The molecule has 110 valence electrons. The van der Waals surface area contributed by atoms with Crippen molar-refractivity contribution in [2.45, 2.75) is 25.9 Å². The molecule has 0 aromatic carbocycles. The Bertz CT molecular complexity index is 608. The predicted molar refractivity (Wildman–Crippen MR) is 76.9 cm³/mol. The summed E-state index contributed by atoms with van der Waals surface area (Å²) in [5.74, 6) is 0.849. The summed E-state index contributed by atoms with van der Waals surface area (Å²) in [6, 6.07) is 3.65. The van der Waals surface area contributed by atoms with Crippen LogP contribution in [0.1, 0.15) is 19.0 Å². The van der Waals surface area contributed by atoms with Crippen molar-refractivity contribution >= 4 is 5.82 Å². The van der Waals surface area contributed by atoms with E-state index in [1.54, 1.807) is 12.4 Å². The van der Waals surface area contributed by atoms with E-state index >= 15 is 0 Å². The minimum Gasteiger partial charge on any atom is -0.488 e. The summed E-state index contributed by atoms with van der Waals surface area (Å²) < 4.78 is 20.1. The number of aryl methyl sites for hydroxylation is 1. The largest absolute Gasteiger partial charge is 0.488 e. The van der Waals surface area contributed by atoms with E-state index in [0.717, 1.165) is 18.7 Å². The number of halogens is 1. The van der Waals surface area contributed by atoms with Crippen molar-refractivity contribution in [3.8, 4) is 5.75 Å². The van der Waals surface area contributed by atoms with Gasteiger partial charge in [-0.05, 0) is 18.6 Å². The highest BCUT2D eigenvalue weighted by Gasteiger charge is 2.27. The Kier molecular flexibility index (Phi) is 3.94. The SMILES string of the molecule is CCc1ncnc(N2CCC(Oc3ccncc3)C2)c1F. The fraction of sp³-hybridized carbons (Fsp3) is 0.400. The molecule has 0 radical (unpaired) electrons. The van der Waals surface area contributed by atoms with Crippen LogP contribution in [0.3, 0.4) is 0 Å². The molecule has 2 aromatic rings. The van der Waals surface area contributed by atoms with Crippen molar-refractivity contribution in [1.82, 2.24) is 15.0 Å². The molecule has 0 spiro atoms. The minimum absolute atomic E-state index is 0.0341. The fourth-order valence-corrected chi connectivity index (χ4v) is 2.49. The van der Waals surface area contributed by atoms with Crippen molar-refractivity contribution < 1.29 is 9.13 Å². The Morgan fingerprint density at radius 3 is 2.90 bits per heavy atom. The molecule has 3 heterocycles. The highest BCUT2D eigenvalue weighted by atomic mass is 19.1. The van der Waals surface area contributed by atoms with Crippen LogP contribution in [0.15, 0.2) is 30.9 Å². The average Bonchev–Trinajstić information content (AvgIpc) is 2.97. The summed E-state index contributed by atoms with van der Waals surface area (Å²) in [6.45, 7) is 3.24. The van der Waals surface area contributed by atoms with E-state index in [2.05, 4.69) is 15.0 Å². The third kappa shape index (κ3) is 2.94. The second-order valence-corrected chi connectivity index (χ2v) is 4.97. The number of pyridine rings is 1. The van der Waals surface area contributed by atoms with Crippen LogP contribution < -0.4 is 9.64 Å². The van der Waals surface area contributed by atoms with Gasteiger partial charge in [-0.1, -0.05) is 6.92 Å². The molecular formula is C15H17FN4O. The molecule has 1 saturated heterocycles. The van der Waals surface area contributed by atoms with Gasteiger partial charge >= 0.3 is 0 Å². The number of ether oxygens (including phenoxy) is 1. The summed E-state index contributed by atoms with van der Waals surface area (Å²) in [5.41, 5.74) is 0.457. The van der Waals surface area contributed by atoms with Crippen LogP contribution >= 0.6 is 0 Å². The lowest BCUT2D eigenvalue weighted by molar-refractivity contribution is 0.224. The number of hydrogen-bond donors (Lipinski definition) is 0. The van der Waals surface area contributed by atoms with Crippen LogP contribution in [-0.2, 0) is 6.42 Å². The van der Waals surface area contributed by atoms with E-state index in [-0.39, 0.29) is 11.9 Å². The van der Waals surface area contributed by atoms with Gasteiger partial charge in [0.05, 0.1) is 12.2 Å². The summed E-state index contributed by atoms with van der Waals surface area (Å²) in [6.07, 6.45) is 6.25. The molecule has 0 N–H and O–H groups in total. The topological polar surface area (TPSA) is 51.1 Å². The van der Waals surface area contributed by atoms with Gasteiger partial charge in [0.25, 0.3) is 0 Å². The van der Waals surface area contributed by atoms with Crippen LogP contribution in [-0.4, -0.2) is 34.1 Å². The monoisotopic (exact) mass is 288 g/mol. The van der Waals surface area contributed by atoms with Crippen LogP contribution in [0.4, 0.5) is 10.2 Å². The molecule has 21 heavy (non-hydrogen) atoms. The maximum Gasteiger partial charge on any atom is 0.187 e. The molecule has 1 unspecified atom stereocenters. The number of hydrogen-bond acceptors (Lipinski definition) is 5. The molecule has 1 aliphatic rings. The van der Waals surface area contributed by atoms with Crippen molar-refractivity contribution in [1.29, 1.82) is 0 Å². The zero-order valence-electron chi connectivity index (χ0n) is 11.9. The Morgan fingerprint density at radius 2 is 2.14 bits per heavy atom. The Hall–Kier alpha value is -2.24. The number of rotatable bonds is 4. The molecule has 0 amide bonds. The smallest absolute Gasteiger partial charge is 0.187 e. The van der Waals surface area contributed by atoms with E-state index in [1.165, 1.54) is 6.33 Å². The van der Waals surface area contributed by atoms with Crippen LogP contribution in [0.2, 0.25) is 0 Å². The lowest BCUT2D eigenvalue weighted by Crippen LogP contribution is -2.26. The molecule has 0 bridgehead atoms. The number of aromatic nitrogens is 3. The second-order valence-electron chi connectivity index (χ2n) is 4.97. The van der Waals surface area contributed by atoms with Gasteiger partial charge in [0.15, 0.2) is 11.6 Å². The van der Waals surface area contributed by atoms with E-state index in [1.807, 2.05) is 24.0 Å². The molecule has 1 fully saturated rings. The first-order valence-corrected chi connectivity index (χ1v) is 7.09. The van der Waals surface area contributed by atoms with Crippen molar-refractivity contribution in [2.24, 2.45) is 0 Å². The molecule has 0 saturated carbocycles. The lowest BCUT2D eigenvalue weighted by Gasteiger charge is -2.19. The fourth-order valence-electron chi connectivity index (χ4n) is 2.49. The first-order valence-electron chi connectivity index (χ1n) is 7.09. The van der Waals surface area contributed by atoms with Crippen LogP contribution in [0.5, 0.6) is 5.75 Å². The van der Waals surface area contributed by atoms with Crippen LogP contribution in [0, 0.1) is 5.82 Å². The predicted octanol–water partition coefficient (Wildman–Crippen LogP) is 2.23. The molecule has 5 nitrogen and oxygen atoms in total. The van der Waals surface area contributed by atoms with Crippen molar-refractivity contribution in [3.63, 3.8) is 0 Å². The third-order valence-corrected chi connectivity index (χ3v) is 3.58. The van der Waals surface area contributed by atoms with Gasteiger partial charge in [-0.15, -0.1) is 0 Å². The summed E-state index contributed by atoms with van der Waals surface area (Å²) >= 11 is 0. The van der Waals surface area contributed by atoms with Crippen molar-refractivity contribution in [2.75, 3.05) is 18.0 Å². The highest BCUT2D eigenvalue weighted by molar-refractivity contribution is 5.42. The van der Waals surface area contributed by atoms with Gasteiger partial charge < -0.3 is 9.64 Å². The standard InChI is InChI=1S/C15H17FN4O/c1-2-13-14(16)15(19-10-18-13)20-8-5-12(9-20)21-11-3-6-17-7-4-11/h3-4,6-7,10,12H,2,5,8-9H2,1H3. The maximum atomic E-state index is 14.3. The van der Waals surface area contributed by atoms with E-state index in [9.17, 15) is 4.39 Å². The van der Waals surface area contributed by atoms with E-state index < -0.39 is 0 Å². The Morgan fingerprint density at radius 1 is 1.33 bits per heavy atom. The first-order chi connectivity index (χ1) is 10.3. The van der Waals surface area contributed by atoms with Gasteiger partial charge in [0, 0.05) is 25.4 Å². The van der Waals surface area contributed by atoms with Gasteiger partial charge in [-0.2, -0.15) is 0 Å². The number of anilines is 1. The molecule has 3 rings (SSSR count). The summed E-state index contributed by atoms with van der Waals surface area (Å²) in [5, 5.41) is 0. The molecule has 0 aliphatic carbocycles. The minimum atomic E-state index is -0.315. The van der Waals surface area contributed by atoms with Gasteiger partial charge in [0.2, 0.25) is 0 Å².